The van der Waals surface area contributed by atoms with Gasteiger partial charge in [-0.25, -0.2) is 14.6 Å². The standard InChI is InChI=1S/C15H22N6O2/c1-15(9-22-10-15)8-16-13-14(21-6-4-2-3-5-7-21)18-12-11(17-13)19-23-20-12/h2-10H2,1H3,(H,16,17,19). The van der Waals surface area contributed by atoms with E-state index in [4.69, 9.17) is 9.37 Å². The van der Waals surface area contributed by atoms with E-state index < -0.39 is 0 Å². The molecule has 23 heavy (non-hydrogen) atoms. The lowest BCUT2D eigenvalue weighted by Gasteiger charge is -2.38. The molecule has 2 aliphatic heterocycles. The first-order valence-corrected chi connectivity index (χ1v) is 8.30. The van der Waals surface area contributed by atoms with E-state index in [0.29, 0.717) is 11.3 Å². The molecule has 2 aliphatic rings. The second-order valence-electron chi connectivity index (χ2n) is 6.87. The summed E-state index contributed by atoms with van der Waals surface area (Å²) in [6.45, 7) is 6.57. The molecule has 1 N–H and O–H groups in total. The normalized spacial score (nSPS) is 21.0. The summed E-state index contributed by atoms with van der Waals surface area (Å²) in [5, 5.41) is 11.1. The minimum atomic E-state index is 0.161. The van der Waals surface area contributed by atoms with Crippen molar-refractivity contribution in [2.24, 2.45) is 5.41 Å². The minimum absolute atomic E-state index is 0.161. The molecule has 2 saturated heterocycles. The molecule has 4 heterocycles. The smallest absolute Gasteiger partial charge is 0.245 e. The second kappa shape index (κ2) is 5.92. The van der Waals surface area contributed by atoms with E-state index in [1.165, 1.54) is 25.7 Å². The summed E-state index contributed by atoms with van der Waals surface area (Å²) in [6, 6.07) is 0. The van der Waals surface area contributed by atoms with Crippen molar-refractivity contribution in [1.29, 1.82) is 0 Å². The van der Waals surface area contributed by atoms with Crippen molar-refractivity contribution < 1.29 is 9.37 Å². The number of rotatable bonds is 4. The molecule has 8 nitrogen and oxygen atoms in total. The van der Waals surface area contributed by atoms with Gasteiger partial charge in [-0.3, -0.25) is 0 Å². The first-order chi connectivity index (χ1) is 11.2. The van der Waals surface area contributed by atoms with Gasteiger partial charge in [-0.2, -0.15) is 0 Å². The Bertz CT molecular complexity index is 676. The fourth-order valence-corrected chi connectivity index (χ4v) is 3.10. The summed E-state index contributed by atoms with van der Waals surface area (Å²) in [5.74, 6) is 1.63. The Morgan fingerprint density at radius 3 is 2.39 bits per heavy atom. The highest BCUT2D eigenvalue weighted by atomic mass is 16.6. The number of fused-ring (bicyclic) bond motifs is 1. The molecule has 8 heteroatoms. The van der Waals surface area contributed by atoms with Crippen molar-refractivity contribution in [3.8, 4) is 0 Å². The molecule has 2 fully saturated rings. The van der Waals surface area contributed by atoms with E-state index in [2.05, 4.69) is 37.4 Å². The molecule has 0 radical (unpaired) electrons. The largest absolute Gasteiger partial charge is 0.380 e. The average Bonchev–Trinajstić information content (AvgIpc) is 2.81. The van der Waals surface area contributed by atoms with Crippen LogP contribution in [0.15, 0.2) is 4.63 Å². The highest BCUT2D eigenvalue weighted by Gasteiger charge is 2.33. The van der Waals surface area contributed by atoms with Gasteiger partial charge in [0.1, 0.15) is 0 Å². The summed E-state index contributed by atoms with van der Waals surface area (Å²) in [4.78, 5) is 11.5. The van der Waals surface area contributed by atoms with Gasteiger partial charge in [0.25, 0.3) is 0 Å². The monoisotopic (exact) mass is 318 g/mol. The summed E-state index contributed by atoms with van der Waals surface area (Å²) >= 11 is 0. The van der Waals surface area contributed by atoms with Crippen molar-refractivity contribution in [1.82, 2.24) is 20.3 Å². The van der Waals surface area contributed by atoms with Crippen LogP contribution in [0.5, 0.6) is 0 Å². The van der Waals surface area contributed by atoms with E-state index >= 15 is 0 Å². The molecule has 2 aromatic heterocycles. The molecule has 4 rings (SSSR count). The second-order valence-corrected chi connectivity index (χ2v) is 6.87. The van der Waals surface area contributed by atoms with Crippen LogP contribution >= 0.6 is 0 Å². The fraction of sp³-hybridized carbons (Fsp3) is 0.733. The Kier molecular flexibility index (Phi) is 3.76. The van der Waals surface area contributed by atoms with E-state index in [0.717, 1.165) is 44.5 Å². The van der Waals surface area contributed by atoms with Crippen molar-refractivity contribution in [2.45, 2.75) is 32.6 Å². The number of nitrogens with one attached hydrogen (secondary N) is 1. The molecule has 0 aliphatic carbocycles. The number of nitrogens with zero attached hydrogens (tertiary/aromatic N) is 5. The third-order valence-corrected chi connectivity index (χ3v) is 4.59. The molecule has 0 spiro atoms. The first kappa shape index (κ1) is 14.6. The Hall–Kier alpha value is -1.96. The van der Waals surface area contributed by atoms with Crippen LogP contribution in [-0.4, -0.2) is 53.1 Å². The maximum Gasteiger partial charge on any atom is 0.245 e. The molecule has 0 saturated carbocycles. The highest BCUT2D eigenvalue weighted by molar-refractivity contribution is 5.74. The topological polar surface area (TPSA) is 89.2 Å². The lowest BCUT2D eigenvalue weighted by atomic mass is 9.89. The van der Waals surface area contributed by atoms with Crippen LogP contribution in [0, 0.1) is 5.41 Å². The van der Waals surface area contributed by atoms with Crippen molar-refractivity contribution in [2.75, 3.05) is 43.1 Å². The molecule has 0 atom stereocenters. The van der Waals surface area contributed by atoms with Gasteiger partial charge in [0.2, 0.25) is 11.3 Å². The molecule has 2 aromatic rings. The highest BCUT2D eigenvalue weighted by Crippen LogP contribution is 2.30. The van der Waals surface area contributed by atoms with Crippen LogP contribution < -0.4 is 10.2 Å². The first-order valence-electron chi connectivity index (χ1n) is 8.30. The van der Waals surface area contributed by atoms with Gasteiger partial charge in [0, 0.05) is 25.0 Å². The fourth-order valence-electron chi connectivity index (χ4n) is 3.10. The molecule has 124 valence electrons. The van der Waals surface area contributed by atoms with Gasteiger partial charge in [-0.05, 0) is 23.2 Å². The Morgan fingerprint density at radius 1 is 1.04 bits per heavy atom. The zero-order valence-corrected chi connectivity index (χ0v) is 13.4. The molecular weight excluding hydrogens is 296 g/mol. The van der Waals surface area contributed by atoms with Crippen LogP contribution in [0.3, 0.4) is 0 Å². The summed E-state index contributed by atoms with van der Waals surface area (Å²) < 4.78 is 10.1. The Balaban J connectivity index is 1.63. The van der Waals surface area contributed by atoms with Crippen molar-refractivity contribution in [3.05, 3.63) is 0 Å². The molecule has 0 bridgehead atoms. The van der Waals surface area contributed by atoms with Gasteiger partial charge in [0.05, 0.1) is 13.2 Å². The Labute approximate surface area is 134 Å². The number of aromatic nitrogens is 4. The zero-order valence-electron chi connectivity index (χ0n) is 13.4. The predicted octanol–water partition coefficient (Wildman–Crippen LogP) is 1.84. The van der Waals surface area contributed by atoms with Crippen LogP contribution in [0.25, 0.3) is 11.3 Å². The number of hydrogen-bond acceptors (Lipinski definition) is 8. The van der Waals surface area contributed by atoms with Gasteiger partial charge >= 0.3 is 0 Å². The average molecular weight is 318 g/mol. The summed E-state index contributed by atoms with van der Waals surface area (Å²) in [5.41, 5.74) is 1.07. The maximum absolute atomic E-state index is 5.32. The lowest BCUT2D eigenvalue weighted by Crippen LogP contribution is -2.45. The third-order valence-electron chi connectivity index (χ3n) is 4.59. The Morgan fingerprint density at radius 2 is 1.74 bits per heavy atom. The van der Waals surface area contributed by atoms with Gasteiger partial charge < -0.3 is 15.0 Å². The van der Waals surface area contributed by atoms with E-state index in [1.807, 2.05) is 0 Å². The zero-order chi connectivity index (χ0) is 15.7. The quantitative estimate of drug-likeness (QED) is 0.913. The van der Waals surface area contributed by atoms with E-state index in [9.17, 15) is 0 Å². The van der Waals surface area contributed by atoms with Gasteiger partial charge in [-0.15, -0.1) is 0 Å². The van der Waals surface area contributed by atoms with Crippen LogP contribution in [0.4, 0.5) is 11.6 Å². The summed E-state index contributed by atoms with van der Waals surface area (Å²) in [6.07, 6.45) is 4.91. The molecular formula is C15H22N6O2. The SMILES string of the molecule is CC1(CNc2nc3nonc3nc2N2CCCCCC2)COC1. The number of ether oxygens (including phenoxy) is 1. The number of anilines is 2. The van der Waals surface area contributed by atoms with E-state index in [1.54, 1.807) is 0 Å². The summed E-state index contributed by atoms with van der Waals surface area (Å²) in [7, 11) is 0. The van der Waals surface area contributed by atoms with Crippen LogP contribution in [0.2, 0.25) is 0 Å². The van der Waals surface area contributed by atoms with Crippen molar-refractivity contribution >= 4 is 22.9 Å². The van der Waals surface area contributed by atoms with Gasteiger partial charge in [0.15, 0.2) is 11.6 Å². The van der Waals surface area contributed by atoms with Crippen molar-refractivity contribution in [3.63, 3.8) is 0 Å². The predicted molar refractivity (Wildman–Crippen MR) is 85.5 cm³/mol. The number of hydrogen-bond donors (Lipinski definition) is 1. The lowest BCUT2D eigenvalue weighted by molar-refractivity contribution is -0.0924. The minimum Gasteiger partial charge on any atom is -0.380 e. The maximum atomic E-state index is 5.32. The molecule has 0 aromatic carbocycles. The van der Waals surface area contributed by atoms with Crippen LogP contribution in [0.1, 0.15) is 32.6 Å². The van der Waals surface area contributed by atoms with E-state index in [-0.39, 0.29) is 5.41 Å². The molecule has 0 amide bonds. The third kappa shape index (κ3) is 2.95. The molecule has 0 unspecified atom stereocenters. The van der Waals surface area contributed by atoms with Crippen LogP contribution in [-0.2, 0) is 4.74 Å². The van der Waals surface area contributed by atoms with Gasteiger partial charge in [-0.1, -0.05) is 19.8 Å².